The Balaban J connectivity index is 1.94. The molecule has 5 nitrogen and oxygen atoms in total. The molecule has 1 fully saturated rings. The Hall–Kier alpha value is -1.36. The van der Waals surface area contributed by atoms with Crippen molar-refractivity contribution in [3.8, 4) is 0 Å². The minimum atomic E-state index is -0.121. The fourth-order valence-electron chi connectivity index (χ4n) is 2.45. The third-order valence-corrected chi connectivity index (χ3v) is 3.67. The average molecular weight is 237 g/mol. The molecule has 17 heavy (non-hydrogen) atoms. The van der Waals surface area contributed by atoms with Gasteiger partial charge in [-0.25, -0.2) is 4.98 Å². The smallest absolute Gasteiger partial charge is 0.269 e. The number of carbonyl (C=O) groups excluding carboxylic acids is 1. The van der Waals surface area contributed by atoms with E-state index in [1.54, 1.807) is 24.1 Å². The molecule has 1 saturated carbocycles. The van der Waals surface area contributed by atoms with Crippen LogP contribution in [0.15, 0.2) is 12.5 Å². The molecule has 1 amide bonds. The third-order valence-electron chi connectivity index (χ3n) is 3.67. The van der Waals surface area contributed by atoms with Gasteiger partial charge in [0.15, 0.2) is 0 Å². The molecule has 1 aliphatic rings. The molecule has 1 aromatic rings. The van der Waals surface area contributed by atoms with Gasteiger partial charge in [0.1, 0.15) is 5.69 Å². The number of amides is 1. The lowest BCUT2D eigenvalue weighted by Gasteiger charge is -2.26. The van der Waals surface area contributed by atoms with Crippen molar-refractivity contribution in [2.24, 2.45) is 12.5 Å². The monoisotopic (exact) mass is 237 g/mol. The van der Waals surface area contributed by atoms with Gasteiger partial charge in [-0.2, -0.15) is 0 Å². The van der Waals surface area contributed by atoms with Crippen molar-refractivity contribution in [3.05, 3.63) is 18.2 Å². The summed E-state index contributed by atoms with van der Waals surface area (Å²) in [4.78, 5) is 15.8. The summed E-state index contributed by atoms with van der Waals surface area (Å²) in [5.74, 6) is -0.121. The predicted molar refractivity (Wildman–Crippen MR) is 63.5 cm³/mol. The van der Waals surface area contributed by atoms with E-state index in [0.29, 0.717) is 12.2 Å². The zero-order valence-corrected chi connectivity index (χ0v) is 10.1. The number of aliphatic hydroxyl groups excluding tert-OH is 1. The van der Waals surface area contributed by atoms with Crippen LogP contribution in [0.4, 0.5) is 0 Å². The Morgan fingerprint density at radius 2 is 2.29 bits per heavy atom. The van der Waals surface area contributed by atoms with Crippen molar-refractivity contribution in [1.29, 1.82) is 0 Å². The second-order valence-electron chi connectivity index (χ2n) is 4.94. The zero-order valence-electron chi connectivity index (χ0n) is 10.1. The molecule has 5 heteroatoms. The van der Waals surface area contributed by atoms with Crippen LogP contribution in [0.25, 0.3) is 0 Å². The van der Waals surface area contributed by atoms with Crippen LogP contribution in [0.5, 0.6) is 0 Å². The molecule has 0 atom stereocenters. The van der Waals surface area contributed by atoms with E-state index in [1.807, 2.05) is 0 Å². The van der Waals surface area contributed by atoms with Crippen LogP contribution in [-0.4, -0.2) is 33.7 Å². The highest BCUT2D eigenvalue weighted by molar-refractivity contribution is 5.92. The molecule has 1 aliphatic carbocycles. The van der Waals surface area contributed by atoms with Gasteiger partial charge >= 0.3 is 0 Å². The average Bonchev–Trinajstić information content (AvgIpc) is 2.95. The first kappa shape index (κ1) is 12.1. The summed E-state index contributed by atoms with van der Waals surface area (Å²) in [6.07, 6.45) is 7.43. The predicted octanol–water partition coefficient (Wildman–Crippen LogP) is 0.703. The molecule has 94 valence electrons. The summed E-state index contributed by atoms with van der Waals surface area (Å²) < 4.78 is 1.69. The maximum absolute atomic E-state index is 11.9. The van der Waals surface area contributed by atoms with Gasteiger partial charge in [0.25, 0.3) is 5.91 Å². The third kappa shape index (κ3) is 2.49. The number of hydrogen-bond acceptors (Lipinski definition) is 3. The minimum absolute atomic E-state index is 0.103. The van der Waals surface area contributed by atoms with Gasteiger partial charge in [0.2, 0.25) is 0 Å². The van der Waals surface area contributed by atoms with Crippen molar-refractivity contribution < 1.29 is 9.90 Å². The molecule has 1 aromatic heterocycles. The SMILES string of the molecule is Cn1cncc1C(=O)NCC1(CO)CCCC1. The highest BCUT2D eigenvalue weighted by Gasteiger charge is 2.33. The van der Waals surface area contributed by atoms with Crippen molar-refractivity contribution in [2.45, 2.75) is 25.7 Å². The van der Waals surface area contributed by atoms with Gasteiger partial charge in [-0.3, -0.25) is 4.79 Å². The molecular formula is C12H19N3O2. The Kier molecular flexibility index (Phi) is 3.47. The number of aliphatic hydroxyl groups is 1. The van der Waals surface area contributed by atoms with Crippen molar-refractivity contribution in [3.63, 3.8) is 0 Å². The lowest BCUT2D eigenvalue weighted by molar-refractivity contribution is 0.0873. The highest BCUT2D eigenvalue weighted by Crippen LogP contribution is 2.36. The van der Waals surface area contributed by atoms with E-state index in [9.17, 15) is 9.90 Å². The molecule has 0 unspecified atom stereocenters. The second-order valence-corrected chi connectivity index (χ2v) is 4.94. The quantitative estimate of drug-likeness (QED) is 0.810. The second kappa shape index (κ2) is 4.87. The lowest BCUT2D eigenvalue weighted by Crippen LogP contribution is -2.38. The van der Waals surface area contributed by atoms with E-state index in [1.165, 1.54) is 0 Å². The van der Waals surface area contributed by atoms with Crippen LogP contribution < -0.4 is 5.32 Å². The first-order valence-corrected chi connectivity index (χ1v) is 6.02. The number of rotatable bonds is 4. The van der Waals surface area contributed by atoms with E-state index >= 15 is 0 Å². The van der Waals surface area contributed by atoms with Crippen LogP contribution in [0.2, 0.25) is 0 Å². The first-order chi connectivity index (χ1) is 8.17. The summed E-state index contributed by atoms with van der Waals surface area (Å²) in [6, 6.07) is 0. The van der Waals surface area contributed by atoms with E-state index in [4.69, 9.17) is 0 Å². The van der Waals surface area contributed by atoms with Crippen LogP contribution >= 0.6 is 0 Å². The van der Waals surface area contributed by atoms with Crippen LogP contribution in [0.3, 0.4) is 0 Å². The Morgan fingerprint density at radius 1 is 1.59 bits per heavy atom. The molecule has 1 heterocycles. The normalized spacial score (nSPS) is 18.2. The van der Waals surface area contributed by atoms with Gasteiger partial charge in [-0.15, -0.1) is 0 Å². The molecule has 0 saturated heterocycles. The first-order valence-electron chi connectivity index (χ1n) is 6.02. The zero-order chi connectivity index (χ0) is 12.3. The summed E-state index contributed by atoms with van der Waals surface area (Å²) in [6.45, 7) is 0.701. The number of nitrogens with zero attached hydrogens (tertiary/aromatic N) is 2. The topological polar surface area (TPSA) is 67.2 Å². The lowest BCUT2D eigenvalue weighted by atomic mass is 9.87. The highest BCUT2D eigenvalue weighted by atomic mass is 16.3. The van der Waals surface area contributed by atoms with Gasteiger partial charge in [0.05, 0.1) is 19.1 Å². The summed E-state index contributed by atoms with van der Waals surface area (Å²) in [5.41, 5.74) is 0.449. The van der Waals surface area contributed by atoms with E-state index in [0.717, 1.165) is 25.7 Å². The fraction of sp³-hybridized carbons (Fsp3) is 0.667. The maximum Gasteiger partial charge on any atom is 0.269 e. The summed E-state index contributed by atoms with van der Waals surface area (Å²) in [5, 5.41) is 12.3. The van der Waals surface area contributed by atoms with Crippen LogP contribution in [0, 0.1) is 5.41 Å². The van der Waals surface area contributed by atoms with E-state index in [-0.39, 0.29) is 17.9 Å². The van der Waals surface area contributed by atoms with E-state index < -0.39 is 0 Å². The number of aryl methyl sites for hydroxylation is 1. The van der Waals surface area contributed by atoms with E-state index in [2.05, 4.69) is 10.3 Å². The maximum atomic E-state index is 11.9. The minimum Gasteiger partial charge on any atom is -0.396 e. The number of hydrogen-bond donors (Lipinski definition) is 2. The Bertz CT molecular complexity index is 394. The number of carbonyl (C=O) groups is 1. The van der Waals surface area contributed by atoms with Crippen molar-refractivity contribution in [1.82, 2.24) is 14.9 Å². The number of nitrogens with one attached hydrogen (secondary N) is 1. The van der Waals surface area contributed by atoms with Crippen molar-refractivity contribution >= 4 is 5.91 Å². The van der Waals surface area contributed by atoms with Gasteiger partial charge in [0, 0.05) is 19.0 Å². The molecule has 2 N–H and O–H groups in total. The Labute approximate surface area is 101 Å². The standard InChI is InChI=1S/C12H19N3O2/c1-15-9-13-6-10(15)11(17)14-7-12(8-16)4-2-3-5-12/h6,9,16H,2-5,7-8H2,1H3,(H,14,17). The van der Waals surface area contributed by atoms with Crippen LogP contribution in [0.1, 0.15) is 36.2 Å². The Morgan fingerprint density at radius 3 is 2.82 bits per heavy atom. The molecule has 0 bridgehead atoms. The molecule has 0 aliphatic heterocycles. The number of imidazole rings is 1. The van der Waals surface area contributed by atoms with Gasteiger partial charge in [-0.1, -0.05) is 12.8 Å². The molecule has 0 radical (unpaired) electrons. The largest absolute Gasteiger partial charge is 0.396 e. The molecule has 0 aromatic carbocycles. The molecule has 2 rings (SSSR count). The van der Waals surface area contributed by atoms with Gasteiger partial charge < -0.3 is 15.0 Å². The number of aromatic nitrogens is 2. The van der Waals surface area contributed by atoms with Crippen molar-refractivity contribution in [2.75, 3.05) is 13.2 Å². The molecule has 0 spiro atoms. The van der Waals surface area contributed by atoms with Crippen LogP contribution in [-0.2, 0) is 7.05 Å². The summed E-state index contributed by atoms with van der Waals surface area (Å²) in [7, 11) is 1.79. The summed E-state index contributed by atoms with van der Waals surface area (Å²) >= 11 is 0. The molecular weight excluding hydrogens is 218 g/mol. The van der Waals surface area contributed by atoms with Gasteiger partial charge in [-0.05, 0) is 12.8 Å². The fourth-order valence-corrected chi connectivity index (χ4v) is 2.45.